The number of hydrogen-bond acceptors (Lipinski definition) is 3. The summed E-state index contributed by atoms with van der Waals surface area (Å²) >= 11 is 0. The van der Waals surface area contributed by atoms with Crippen LogP contribution in [0.4, 0.5) is 34.1 Å². The predicted molar refractivity (Wildman–Crippen MR) is 328 cm³/mol. The molecule has 13 aromatic rings. The van der Waals surface area contributed by atoms with E-state index >= 15 is 0 Å². The number of nitrogens with zero attached hydrogens (tertiary/aromatic N) is 2. The molecule has 77 heavy (non-hydrogen) atoms. The first kappa shape index (κ1) is 47.3. The van der Waals surface area contributed by atoms with E-state index in [1.807, 2.05) is 0 Å². The van der Waals surface area contributed by atoms with E-state index in [1.165, 1.54) is 55.6 Å². The van der Waals surface area contributed by atoms with Crippen molar-refractivity contribution in [2.75, 3.05) is 9.80 Å². The van der Waals surface area contributed by atoms with Crippen LogP contribution in [0.15, 0.2) is 271 Å². The minimum absolute atomic E-state index is 0.456. The second kappa shape index (κ2) is 20.0. The zero-order valence-electron chi connectivity index (χ0n) is 43.9. The Balaban J connectivity index is 0.925. The zero-order chi connectivity index (χ0) is 52.0. The Morgan fingerprint density at radius 1 is 0.273 bits per heavy atom. The molecule has 0 amide bonds. The van der Waals surface area contributed by atoms with Crippen LogP contribution in [-0.2, 0) is 0 Å². The number of anilines is 6. The van der Waals surface area contributed by atoms with Gasteiger partial charge in [0.05, 0.1) is 11.4 Å². The fourth-order valence-electron chi connectivity index (χ4n) is 11.2. The molecule has 0 radical (unpaired) electrons. The van der Waals surface area contributed by atoms with Gasteiger partial charge in [-0.1, -0.05) is 210 Å². The summed E-state index contributed by atoms with van der Waals surface area (Å²) in [5.74, 6) is 0.912. The molecule has 0 aliphatic rings. The molecule has 0 saturated heterocycles. The van der Waals surface area contributed by atoms with E-state index in [2.05, 4.69) is 304 Å². The average molecular weight is 991 g/mol. The number of furan rings is 1. The second-order valence-electron chi connectivity index (χ2n) is 21.0. The summed E-state index contributed by atoms with van der Waals surface area (Å²) in [5, 5.41) is 6.72. The highest BCUT2D eigenvalue weighted by atomic mass is 16.3. The SMILES string of the molecule is CC(C)c1ccc(-c2ccccc2N(c2cccc(-c3ccccc3)c2)c2ccc3cc4c(cc3c2)oc2cc3cc(N(c5cccc(-c6ccccc6)c5)c5ccccc5-c5ccc(C(C)C)cc5)ccc3cc24)cc1. The molecule has 12 aromatic carbocycles. The van der Waals surface area contributed by atoms with Crippen molar-refractivity contribution in [3.8, 4) is 44.5 Å². The van der Waals surface area contributed by atoms with Crippen LogP contribution in [0.1, 0.15) is 50.7 Å². The Bertz CT molecular complexity index is 3990. The molecule has 0 aliphatic heterocycles. The third kappa shape index (κ3) is 9.10. The lowest BCUT2D eigenvalue weighted by atomic mass is 9.96. The van der Waals surface area contributed by atoms with E-state index in [0.29, 0.717) is 11.8 Å². The molecule has 0 atom stereocenters. The van der Waals surface area contributed by atoms with E-state index in [4.69, 9.17) is 4.42 Å². The highest BCUT2D eigenvalue weighted by molar-refractivity contribution is 6.14. The summed E-state index contributed by atoms with van der Waals surface area (Å²) in [5.41, 5.74) is 20.3. The normalized spacial score (nSPS) is 11.6. The van der Waals surface area contributed by atoms with Gasteiger partial charge in [0.2, 0.25) is 0 Å². The summed E-state index contributed by atoms with van der Waals surface area (Å²) in [6.45, 7) is 8.99. The largest absolute Gasteiger partial charge is 0.456 e. The molecule has 370 valence electrons. The zero-order valence-corrected chi connectivity index (χ0v) is 43.9. The van der Waals surface area contributed by atoms with Gasteiger partial charge in [0.25, 0.3) is 0 Å². The second-order valence-corrected chi connectivity index (χ2v) is 21.0. The lowest BCUT2D eigenvalue weighted by Crippen LogP contribution is -2.11. The van der Waals surface area contributed by atoms with Gasteiger partial charge >= 0.3 is 0 Å². The summed E-state index contributed by atoms with van der Waals surface area (Å²) in [6, 6.07) is 97.5. The first-order chi connectivity index (χ1) is 37.8. The van der Waals surface area contributed by atoms with Crippen LogP contribution in [-0.4, -0.2) is 0 Å². The van der Waals surface area contributed by atoms with Crippen molar-refractivity contribution in [1.82, 2.24) is 0 Å². The first-order valence-corrected chi connectivity index (χ1v) is 26.9. The quantitative estimate of drug-likeness (QED) is 0.122. The number of para-hydroxylation sites is 2. The maximum atomic E-state index is 6.92. The van der Waals surface area contributed by atoms with Gasteiger partial charge in [-0.25, -0.2) is 0 Å². The van der Waals surface area contributed by atoms with Gasteiger partial charge < -0.3 is 14.2 Å². The van der Waals surface area contributed by atoms with Gasteiger partial charge in [-0.05, 0) is 163 Å². The molecule has 0 N–H and O–H groups in total. The average Bonchev–Trinajstić information content (AvgIpc) is 3.83. The minimum atomic E-state index is 0.456. The van der Waals surface area contributed by atoms with Crippen molar-refractivity contribution in [1.29, 1.82) is 0 Å². The summed E-state index contributed by atoms with van der Waals surface area (Å²) in [4.78, 5) is 4.82. The van der Waals surface area contributed by atoms with E-state index in [1.54, 1.807) is 0 Å². The third-order valence-electron chi connectivity index (χ3n) is 15.4. The van der Waals surface area contributed by atoms with Crippen molar-refractivity contribution >= 4 is 77.6 Å². The molecule has 13 rings (SSSR count). The fraction of sp³-hybridized carbons (Fsp3) is 0.0811. The van der Waals surface area contributed by atoms with Crippen LogP contribution in [0.2, 0.25) is 0 Å². The van der Waals surface area contributed by atoms with Gasteiger partial charge in [-0.2, -0.15) is 0 Å². The molecular formula is C74H58N2O. The highest BCUT2D eigenvalue weighted by Crippen LogP contribution is 2.46. The Morgan fingerprint density at radius 3 is 1.06 bits per heavy atom. The van der Waals surface area contributed by atoms with Crippen molar-refractivity contribution in [3.05, 3.63) is 278 Å². The van der Waals surface area contributed by atoms with Gasteiger partial charge in [-0.15, -0.1) is 0 Å². The van der Waals surface area contributed by atoms with Crippen LogP contribution in [0, 0.1) is 0 Å². The Hall–Kier alpha value is -9.44. The summed E-state index contributed by atoms with van der Waals surface area (Å²) in [6.07, 6.45) is 0. The first-order valence-electron chi connectivity index (χ1n) is 26.9. The number of rotatable bonds is 12. The molecule has 0 saturated carbocycles. The number of fused-ring (bicyclic) bond motifs is 5. The topological polar surface area (TPSA) is 19.6 Å². The molecule has 0 unspecified atom stereocenters. The van der Waals surface area contributed by atoms with Gasteiger partial charge in [0.15, 0.2) is 0 Å². The van der Waals surface area contributed by atoms with Crippen molar-refractivity contribution in [2.24, 2.45) is 0 Å². The molecule has 1 aromatic heterocycles. The van der Waals surface area contributed by atoms with Gasteiger partial charge in [0.1, 0.15) is 11.2 Å². The molecular weight excluding hydrogens is 933 g/mol. The van der Waals surface area contributed by atoms with Crippen LogP contribution < -0.4 is 9.80 Å². The van der Waals surface area contributed by atoms with Crippen molar-refractivity contribution in [3.63, 3.8) is 0 Å². The molecule has 0 bridgehead atoms. The van der Waals surface area contributed by atoms with Gasteiger partial charge in [-0.3, -0.25) is 0 Å². The molecule has 1 heterocycles. The summed E-state index contributed by atoms with van der Waals surface area (Å²) < 4.78 is 6.92. The Kier molecular flexibility index (Phi) is 12.3. The molecule has 0 aliphatic carbocycles. The number of hydrogen-bond donors (Lipinski definition) is 0. The van der Waals surface area contributed by atoms with Crippen LogP contribution >= 0.6 is 0 Å². The minimum Gasteiger partial charge on any atom is -0.456 e. The summed E-state index contributed by atoms with van der Waals surface area (Å²) in [7, 11) is 0. The van der Waals surface area contributed by atoms with Gasteiger partial charge in [0, 0.05) is 44.6 Å². The lowest BCUT2D eigenvalue weighted by molar-refractivity contribution is 0.670. The third-order valence-corrected chi connectivity index (χ3v) is 15.4. The maximum absolute atomic E-state index is 6.92. The van der Waals surface area contributed by atoms with E-state index in [9.17, 15) is 0 Å². The smallest absolute Gasteiger partial charge is 0.136 e. The van der Waals surface area contributed by atoms with Crippen LogP contribution in [0.5, 0.6) is 0 Å². The van der Waals surface area contributed by atoms with Crippen LogP contribution in [0.25, 0.3) is 88.0 Å². The fourth-order valence-corrected chi connectivity index (χ4v) is 11.2. The molecule has 3 nitrogen and oxygen atoms in total. The monoisotopic (exact) mass is 990 g/mol. The predicted octanol–water partition coefficient (Wildman–Crippen LogP) is 21.7. The molecule has 0 spiro atoms. The Morgan fingerprint density at radius 2 is 0.649 bits per heavy atom. The van der Waals surface area contributed by atoms with E-state index in [-0.39, 0.29) is 0 Å². The van der Waals surface area contributed by atoms with Crippen molar-refractivity contribution in [2.45, 2.75) is 39.5 Å². The maximum Gasteiger partial charge on any atom is 0.136 e. The van der Waals surface area contributed by atoms with Crippen molar-refractivity contribution < 1.29 is 4.42 Å². The van der Waals surface area contributed by atoms with E-state index in [0.717, 1.165) is 77.6 Å². The standard InChI is InChI=1S/C74H58N2O/c1-49(2)51-29-33-55(34-30-51)67-25-11-13-27-71(67)75(63-23-15-21-57(41-63)53-17-7-5-8-18-53)65-39-37-59-45-69-70-46-60-38-40-66(44-62(60)48-74(70)77-73(69)47-61(59)43-65)76(64-24-16-22-58(42-64)54-19-9-6-10-20-54)72-28-14-12-26-68(72)56-35-31-52(32-36-56)50(3)4/h5-50H,1-4H3. The van der Waals surface area contributed by atoms with E-state index < -0.39 is 0 Å². The highest BCUT2D eigenvalue weighted by Gasteiger charge is 2.22. The number of benzene rings is 12. The Labute approximate surface area is 451 Å². The molecule has 0 fully saturated rings. The van der Waals surface area contributed by atoms with Crippen LogP contribution in [0.3, 0.4) is 0 Å². The molecule has 3 heteroatoms. The lowest BCUT2D eigenvalue weighted by Gasteiger charge is -2.28.